The van der Waals surface area contributed by atoms with Crippen molar-refractivity contribution in [1.82, 2.24) is 0 Å². The summed E-state index contributed by atoms with van der Waals surface area (Å²) in [4.78, 5) is 11.0. The molecule has 21 heavy (non-hydrogen) atoms. The highest BCUT2D eigenvalue weighted by atomic mass is 16.5. The van der Waals surface area contributed by atoms with E-state index in [0.29, 0.717) is 12.3 Å². The van der Waals surface area contributed by atoms with Crippen LogP contribution in [0.15, 0.2) is 42.5 Å². The minimum Gasteiger partial charge on any atom is -0.427 e. The zero-order valence-electron chi connectivity index (χ0n) is 12.6. The van der Waals surface area contributed by atoms with Gasteiger partial charge in [0.05, 0.1) is 0 Å². The molecule has 110 valence electrons. The van der Waals surface area contributed by atoms with Crippen molar-refractivity contribution in [1.29, 1.82) is 0 Å². The summed E-state index contributed by atoms with van der Waals surface area (Å²) in [6.45, 7) is 4.12. The minimum absolute atomic E-state index is 0.294. The molecule has 0 bridgehead atoms. The van der Waals surface area contributed by atoms with Gasteiger partial charge in [-0.15, -0.1) is 0 Å². The summed E-state index contributed by atoms with van der Waals surface area (Å²) in [6.07, 6.45) is 1.78. The van der Waals surface area contributed by atoms with Gasteiger partial charge >= 0.3 is 5.97 Å². The van der Waals surface area contributed by atoms with Gasteiger partial charge in [0.25, 0.3) is 0 Å². The van der Waals surface area contributed by atoms with Crippen LogP contribution < -0.4 is 10.5 Å². The first kappa shape index (κ1) is 15.3. The van der Waals surface area contributed by atoms with Crippen LogP contribution >= 0.6 is 0 Å². The van der Waals surface area contributed by atoms with Crippen molar-refractivity contribution in [2.45, 2.75) is 26.7 Å². The van der Waals surface area contributed by atoms with Crippen LogP contribution in [-0.4, -0.2) is 12.5 Å². The highest BCUT2D eigenvalue weighted by molar-refractivity contribution is 5.69. The van der Waals surface area contributed by atoms with Crippen LogP contribution in [0.5, 0.6) is 5.75 Å². The van der Waals surface area contributed by atoms with Crippen LogP contribution in [0.25, 0.3) is 0 Å². The van der Waals surface area contributed by atoms with Crippen LogP contribution in [0.1, 0.15) is 29.2 Å². The van der Waals surface area contributed by atoms with E-state index in [9.17, 15) is 4.79 Å². The summed E-state index contributed by atoms with van der Waals surface area (Å²) < 4.78 is 5.09. The van der Waals surface area contributed by atoms with Crippen molar-refractivity contribution in [3.8, 4) is 5.75 Å². The van der Waals surface area contributed by atoms with Gasteiger partial charge in [-0.05, 0) is 60.7 Å². The Labute approximate surface area is 125 Å². The first-order valence-electron chi connectivity index (χ1n) is 7.14. The Morgan fingerprint density at radius 2 is 1.76 bits per heavy atom. The molecular weight excluding hydrogens is 262 g/mol. The maximum atomic E-state index is 11.0. The van der Waals surface area contributed by atoms with E-state index in [1.807, 2.05) is 25.1 Å². The molecule has 2 aromatic carbocycles. The molecular formula is C18H21NO2. The first-order chi connectivity index (χ1) is 10.1. The van der Waals surface area contributed by atoms with E-state index in [1.54, 1.807) is 0 Å². The molecule has 0 fully saturated rings. The van der Waals surface area contributed by atoms with E-state index in [0.717, 1.165) is 18.4 Å². The summed E-state index contributed by atoms with van der Waals surface area (Å²) in [5, 5.41) is 0. The van der Waals surface area contributed by atoms with E-state index >= 15 is 0 Å². The van der Waals surface area contributed by atoms with Gasteiger partial charge in [-0.1, -0.05) is 30.3 Å². The highest BCUT2D eigenvalue weighted by Gasteiger charge is 2.04. The molecule has 0 saturated carbocycles. The summed E-state index contributed by atoms with van der Waals surface area (Å²) in [5.74, 6) is 0.305. The Morgan fingerprint density at radius 3 is 2.33 bits per heavy atom. The highest BCUT2D eigenvalue weighted by Crippen LogP contribution is 2.20. The van der Waals surface area contributed by atoms with Gasteiger partial charge in [-0.25, -0.2) is 0 Å². The molecule has 0 heterocycles. The molecule has 0 aliphatic rings. The molecule has 2 aromatic rings. The molecule has 0 atom stereocenters. The predicted octanol–water partition coefficient (Wildman–Crippen LogP) is 3.01. The van der Waals surface area contributed by atoms with Crippen LogP contribution in [0, 0.1) is 6.92 Å². The van der Waals surface area contributed by atoms with Crippen molar-refractivity contribution >= 4 is 5.97 Å². The fourth-order valence-electron chi connectivity index (χ4n) is 2.31. The van der Waals surface area contributed by atoms with E-state index < -0.39 is 0 Å². The van der Waals surface area contributed by atoms with Crippen LogP contribution in [0.3, 0.4) is 0 Å². The third-order valence-corrected chi connectivity index (χ3v) is 3.43. The second-order valence-corrected chi connectivity index (χ2v) is 5.21. The molecule has 3 heteroatoms. The molecule has 0 saturated heterocycles. The van der Waals surface area contributed by atoms with Gasteiger partial charge in [0.2, 0.25) is 0 Å². The second kappa shape index (κ2) is 7.04. The molecule has 3 nitrogen and oxygen atoms in total. The number of esters is 1. The Bertz CT molecular complexity index is 618. The van der Waals surface area contributed by atoms with E-state index in [1.165, 1.54) is 23.6 Å². The number of nitrogens with two attached hydrogens (primary N) is 1. The van der Waals surface area contributed by atoms with E-state index in [2.05, 4.69) is 24.3 Å². The lowest BCUT2D eigenvalue weighted by Gasteiger charge is -2.09. The summed E-state index contributed by atoms with van der Waals surface area (Å²) >= 11 is 0. The van der Waals surface area contributed by atoms with Crippen molar-refractivity contribution in [3.63, 3.8) is 0 Å². The maximum Gasteiger partial charge on any atom is 0.308 e. The first-order valence-corrected chi connectivity index (χ1v) is 7.14. The quantitative estimate of drug-likeness (QED) is 0.678. The SMILES string of the molecule is CC(=O)Oc1ccc(Cc2ccc(CCN)cc2)c(C)c1. The van der Waals surface area contributed by atoms with Gasteiger partial charge in [-0.2, -0.15) is 0 Å². The monoisotopic (exact) mass is 283 g/mol. The minimum atomic E-state index is -0.294. The molecule has 0 aliphatic heterocycles. The molecule has 0 spiro atoms. The fourth-order valence-corrected chi connectivity index (χ4v) is 2.31. The van der Waals surface area contributed by atoms with Crippen LogP contribution in [0.2, 0.25) is 0 Å². The smallest absolute Gasteiger partial charge is 0.308 e. The van der Waals surface area contributed by atoms with Gasteiger partial charge < -0.3 is 10.5 Å². The fraction of sp³-hybridized carbons (Fsp3) is 0.278. The molecule has 2 rings (SSSR count). The lowest BCUT2D eigenvalue weighted by atomic mass is 9.99. The number of hydrogen-bond acceptors (Lipinski definition) is 3. The summed E-state index contributed by atoms with van der Waals surface area (Å²) in [5.41, 5.74) is 10.4. The van der Waals surface area contributed by atoms with Crippen LogP contribution in [0.4, 0.5) is 0 Å². The van der Waals surface area contributed by atoms with Crippen LogP contribution in [-0.2, 0) is 17.6 Å². The number of carbonyl (C=O) groups excluding carboxylic acids is 1. The van der Waals surface area contributed by atoms with Gasteiger partial charge in [0.1, 0.15) is 5.75 Å². The molecule has 0 radical (unpaired) electrons. The standard InChI is InChI=1S/C18H21NO2/c1-13-11-18(21-14(2)20)8-7-17(13)12-16-5-3-15(4-6-16)9-10-19/h3-8,11H,9-10,12,19H2,1-2H3. The Morgan fingerprint density at radius 1 is 1.10 bits per heavy atom. The third-order valence-electron chi connectivity index (χ3n) is 3.43. The van der Waals surface area contributed by atoms with E-state index in [-0.39, 0.29) is 5.97 Å². The Balaban J connectivity index is 2.10. The van der Waals surface area contributed by atoms with Crippen molar-refractivity contribution in [2.75, 3.05) is 6.54 Å². The normalized spacial score (nSPS) is 10.4. The molecule has 0 unspecified atom stereocenters. The number of hydrogen-bond donors (Lipinski definition) is 1. The lowest BCUT2D eigenvalue weighted by molar-refractivity contribution is -0.131. The maximum absolute atomic E-state index is 11.0. The molecule has 0 aliphatic carbocycles. The molecule has 2 N–H and O–H groups in total. The summed E-state index contributed by atoms with van der Waals surface area (Å²) in [6, 6.07) is 14.3. The molecule has 0 amide bonds. The topological polar surface area (TPSA) is 52.3 Å². The average Bonchev–Trinajstić information content (AvgIpc) is 2.43. The predicted molar refractivity (Wildman–Crippen MR) is 84.5 cm³/mol. The van der Waals surface area contributed by atoms with Crippen molar-refractivity contribution in [3.05, 3.63) is 64.7 Å². The van der Waals surface area contributed by atoms with Gasteiger partial charge in [0.15, 0.2) is 0 Å². The number of ether oxygens (including phenoxy) is 1. The lowest BCUT2D eigenvalue weighted by Crippen LogP contribution is -2.03. The number of rotatable bonds is 5. The third kappa shape index (κ3) is 4.43. The number of aryl methyl sites for hydroxylation is 1. The average molecular weight is 283 g/mol. The second-order valence-electron chi connectivity index (χ2n) is 5.21. The van der Waals surface area contributed by atoms with Crippen molar-refractivity contribution < 1.29 is 9.53 Å². The van der Waals surface area contributed by atoms with Gasteiger partial charge in [0, 0.05) is 6.92 Å². The number of carbonyl (C=O) groups is 1. The zero-order chi connectivity index (χ0) is 15.2. The Hall–Kier alpha value is -2.13. The largest absolute Gasteiger partial charge is 0.427 e. The zero-order valence-corrected chi connectivity index (χ0v) is 12.6. The molecule has 0 aromatic heterocycles. The number of benzene rings is 2. The van der Waals surface area contributed by atoms with E-state index in [4.69, 9.17) is 10.5 Å². The van der Waals surface area contributed by atoms with Gasteiger partial charge in [-0.3, -0.25) is 4.79 Å². The van der Waals surface area contributed by atoms with Crippen molar-refractivity contribution in [2.24, 2.45) is 5.73 Å². The summed E-state index contributed by atoms with van der Waals surface area (Å²) in [7, 11) is 0. The Kier molecular flexibility index (Phi) is 5.12.